The van der Waals surface area contributed by atoms with Crippen LogP contribution < -0.4 is 9.46 Å². The van der Waals surface area contributed by atoms with Gasteiger partial charge in [-0.15, -0.1) is 0 Å². The molecule has 0 bridgehead atoms. The highest BCUT2D eigenvalue weighted by Crippen LogP contribution is 2.49. The van der Waals surface area contributed by atoms with E-state index in [1.54, 1.807) is 6.07 Å². The number of ether oxygens (including phenoxy) is 1. The van der Waals surface area contributed by atoms with Gasteiger partial charge in [-0.25, -0.2) is 13.1 Å². The van der Waals surface area contributed by atoms with Gasteiger partial charge in [0.2, 0.25) is 22.4 Å². The van der Waals surface area contributed by atoms with E-state index < -0.39 is 27.4 Å². The Morgan fingerprint density at radius 1 is 1.42 bits per heavy atom. The maximum absolute atomic E-state index is 11.4. The molecule has 1 unspecified atom stereocenters. The molecule has 0 amide bonds. The molecule has 11 heteroatoms. The number of alkyl halides is 1. The largest absolute Gasteiger partial charge is 0.502 e. The van der Waals surface area contributed by atoms with E-state index in [1.165, 1.54) is 19.1 Å². The first-order valence-corrected chi connectivity index (χ1v) is 10.1. The van der Waals surface area contributed by atoms with Gasteiger partial charge in [0.15, 0.2) is 11.5 Å². The zero-order valence-corrected chi connectivity index (χ0v) is 17.3. The lowest BCUT2D eigenvalue weighted by atomic mass is 10.1. The monoisotopic (exact) mass is 485 g/mol. The van der Waals surface area contributed by atoms with E-state index in [2.05, 4.69) is 20.7 Å². The predicted molar refractivity (Wildman–Crippen MR) is 102 cm³/mol. The molecule has 0 saturated carbocycles. The molecule has 0 radical (unpaired) electrons. The minimum absolute atomic E-state index is 0.0175. The third-order valence-corrected chi connectivity index (χ3v) is 5.13. The number of aromatic hydroxyl groups is 1. The number of halogens is 3. The van der Waals surface area contributed by atoms with Crippen molar-refractivity contribution in [1.29, 1.82) is 0 Å². The molecule has 142 valence electrons. The molecule has 1 aromatic carbocycles. The van der Waals surface area contributed by atoms with Crippen molar-refractivity contribution in [2.24, 2.45) is 0 Å². The van der Waals surface area contributed by atoms with Gasteiger partial charge in [0, 0.05) is 24.1 Å². The fraction of sp³-hybridized carbons (Fsp3) is 0.267. The lowest BCUT2D eigenvalue weighted by Gasteiger charge is -2.08. The summed E-state index contributed by atoms with van der Waals surface area (Å²) in [5.74, 6) is -1.14. The van der Waals surface area contributed by atoms with Crippen LogP contribution in [0.3, 0.4) is 0 Å². The number of furan rings is 1. The van der Waals surface area contributed by atoms with E-state index in [9.17, 15) is 18.3 Å². The van der Waals surface area contributed by atoms with Crippen LogP contribution in [0.2, 0.25) is 10.0 Å². The van der Waals surface area contributed by atoms with Gasteiger partial charge in [-0.2, -0.15) is 0 Å². The first-order chi connectivity index (χ1) is 12.2. The quantitative estimate of drug-likeness (QED) is 0.312. The maximum atomic E-state index is 11.4. The van der Waals surface area contributed by atoms with Gasteiger partial charge >= 0.3 is 5.97 Å². The van der Waals surface area contributed by atoms with Crippen LogP contribution in [0.4, 0.5) is 0 Å². The minimum atomic E-state index is -2.74. The van der Waals surface area contributed by atoms with Gasteiger partial charge in [-0.3, -0.25) is 4.79 Å². The number of rotatable bonds is 7. The molecule has 1 heterocycles. The van der Waals surface area contributed by atoms with Crippen LogP contribution >= 0.6 is 39.1 Å². The van der Waals surface area contributed by atoms with Crippen molar-refractivity contribution in [3.8, 4) is 22.8 Å². The smallest absolute Gasteiger partial charge is 0.308 e. The fourth-order valence-corrected chi connectivity index (χ4v) is 3.36. The number of esters is 1. The molecule has 26 heavy (non-hydrogen) atoms. The van der Waals surface area contributed by atoms with Crippen LogP contribution in [0, 0.1) is 0 Å². The second kappa shape index (κ2) is 9.09. The topological polar surface area (TPSA) is 106 Å². The molecule has 0 aliphatic carbocycles. The Bertz CT molecular complexity index is 891. The van der Waals surface area contributed by atoms with E-state index in [0.717, 1.165) is 0 Å². The van der Waals surface area contributed by atoms with Crippen LogP contribution in [0.15, 0.2) is 22.6 Å². The second-order valence-corrected chi connectivity index (χ2v) is 7.89. The number of hydrogen-bond acceptors (Lipinski definition) is 6. The van der Waals surface area contributed by atoms with Gasteiger partial charge in [0.25, 0.3) is 0 Å². The molecule has 7 nitrogen and oxygen atoms in total. The van der Waals surface area contributed by atoms with E-state index in [4.69, 9.17) is 32.4 Å². The Labute approximate surface area is 169 Å². The third-order valence-electron chi connectivity index (χ3n) is 3.21. The molecule has 2 rings (SSSR count). The van der Waals surface area contributed by atoms with Crippen LogP contribution in [0.25, 0.3) is 11.3 Å². The minimum Gasteiger partial charge on any atom is -0.502 e. The van der Waals surface area contributed by atoms with Gasteiger partial charge in [-0.05, 0) is 24.6 Å². The second-order valence-electron chi connectivity index (χ2n) is 5.11. The summed E-state index contributed by atoms with van der Waals surface area (Å²) in [6.07, 6.45) is 0.271. The Kier molecular flexibility index (Phi) is 7.36. The Morgan fingerprint density at radius 2 is 2.12 bits per heavy atom. The van der Waals surface area contributed by atoms with Crippen LogP contribution in [0.5, 0.6) is 11.5 Å². The van der Waals surface area contributed by atoms with E-state index in [1.807, 2.05) is 0 Å². The number of carbonyl (C=O) groups excluding carboxylic acids is 1. The van der Waals surface area contributed by atoms with Crippen LogP contribution in [0.1, 0.15) is 23.9 Å². The Hall–Kier alpha value is -1.26. The number of thiol groups is 1. The standard InChI is InChI=1S/C15H14BrCl2NO6S/c1-7(20)24-15-12(21)13(9-6-8(17)2-3-11(9)18)25-14(15)10(16)4-5-19-26(22)23/h2-3,6,10,21,26H,4-5H2,1H3,(H,19,22,23). The molecule has 2 aromatic rings. The summed E-state index contributed by atoms with van der Waals surface area (Å²) in [4.78, 5) is 10.8. The van der Waals surface area contributed by atoms with E-state index in [0.29, 0.717) is 10.6 Å². The average Bonchev–Trinajstić information content (AvgIpc) is 2.86. The van der Waals surface area contributed by atoms with Gasteiger partial charge < -0.3 is 14.3 Å². The Balaban J connectivity index is 2.46. The summed E-state index contributed by atoms with van der Waals surface area (Å²) >= 11 is 15.4. The van der Waals surface area contributed by atoms with Crippen molar-refractivity contribution in [1.82, 2.24) is 4.72 Å². The van der Waals surface area contributed by atoms with Crippen LogP contribution in [-0.4, -0.2) is 26.0 Å². The summed E-state index contributed by atoms with van der Waals surface area (Å²) in [6.45, 7) is 1.29. The summed E-state index contributed by atoms with van der Waals surface area (Å²) in [6, 6.07) is 4.60. The number of benzene rings is 1. The van der Waals surface area contributed by atoms with Crippen molar-refractivity contribution in [3.63, 3.8) is 0 Å². The van der Waals surface area contributed by atoms with Crippen molar-refractivity contribution >= 4 is 56.0 Å². The van der Waals surface area contributed by atoms with Crippen molar-refractivity contribution in [2.75, 3.05) is 6.54 Å². The SMILES string of the molecule is CC(=O)Oc1c(C(Br)CCN[SH](=O)=O)oc(-c2cc(Cl)ccc2Cl)c1O. The summed E-state index contributed by atoms with van der Waals surface area (Å²) < 4.78 is 34.2. The number of nitrogens with one attached hydrogen (secondary N) is 1. The van der Waals surface area contributed by atoms with Gasteiger partial charge in [0.05, 0.1) is 9.85 Å². The average molecular weight is 487 g/mol. The molecule has 2 N–H and O–H groups in total. The first-order valence-electron chi connectivity index (χ1n) is 7.22. The molecule has 0 aliphatic heterocycles. The highest BCUT2D eigenvalue weighted by Gasteiger charge is 2.29. The van der Waals surface area contributed by atoms with Gasteiger partial charge in [-0.1, -0.05) is 39.1 Å². The molecule has 1 aromatic heterocycles. The summed E-state index contributed by atoms with van der Waals surface area (Å²) in [7, 11) is -2.74. The van der Waals surface area contributed by atoms with Crippen molar-refractivity contribution in [2.45, 2.75) is 18.2 Å². The lowest BCUT2D eigenvalue weighted by molar-refractivity contribution is -0.132. The van der Waals surface area contributed by atoms with E-state index in [-0.39, 0.29) is 35.3 Å². The number of carbonyl (C=O) groups is 1. The summed E-state index contributed by atoms with van der Waals surface area (Å²) in [5, 5.41) is 11.1. The molecular formula is C15H14BrCl2NO6S. The highest BCUT2D eigenvalue weighted by molar-refractivity contribution is 9.09. The number of hydrogen-bond donors (Lipinski definition) is 3. The molecular weight excluding hydrogens is 473 g/mol. The molecule has 0 aliphatic rings. The lowest BCUT2D eigenvalue weighted by Crippen LogP contribution is -2.14. The normalized spacial score (nSPS) is 12.3. The fourth-order valence-electron chi connectivity index (χ4n) is 2.14. The molecule has 1 atom stereocenters. The predicted octanol–water partition coefficient (Wildman–Crippen LogP) is 3.83. The molecule has 0 saturated heterocycles. The molecule has 0 fully saturated rings. The van der Waals surface area contributed by atoms with Gasteiger partial charge in [0.1, 0.15) is 0 Å². The van der Waals surface area contributed by atoms with E-state index >= 15 is 0 Å². The van der Waals surface area contributed by atoms with Crippen molar-refractivity contribution < 1.29 is 27.5 Å². The maximum Gasteiger partial charge on any atom is 0.308 e. The van der Waals surface area contributed by atoms with Crippen molar-refractivity contribution in [3.05, 3.63) is 34.0 Å². The zero-order chi connectivity index (χ0) is 19.4. The third kappa shape index (κ3) is 5.14. The molecule has 0 spiro atoms. The zero-order valence-electron chi connectivity index (χ0n) is 13.3. The summed E-state index contributed by atoms with van der Waals surface area (Å²) in [5.41, 5.74) is 0.316. The first kappa shape index (κ1) is 21.0. The Morgan fingerprint density at radius 3 is 2.73 bits per heavy atom. The van der Waals surface area contributed by atoms with Crippen LogP contribution in [-0.2, 0) is 15.7 Å². The highest BCUT2D eigenvalue weighted by atomic mass is 79.9.